The van der Waals surface area contributed by atoms with Crippen molar-refractivity contribution in [3.63, 3.8) is 0 Å². The van der Waals surface area contributed by atoms with Crippen LogP contribution in [0.15, 0.2) is 24.3 Å². The van der Waals surface area contributed by atoms with Gasteiger partial charge in [-0.1, -0.05) is 51.2 Å². The fraction of sp³-hybridized carbons (Fsp3) is 0.793. The van der Waals surface area contributed by atoms with E-state index in [0.29, 0.717) is 17.1 Å². The highest BCUT2D eigenvalue weighted by Crippen LogP contribution is 2.51. The molecule has 1 aliphatic heterocycles. The van der Waals surface area contributed by atoms with Gasteiger partial charge in [-0.2, -0.15) is 4.39 Å². The molecule has 0 spiro atoms. The van der Waals surface area contributed by atoms with E-state index < -0.39 is 5.85 Å². The third-order valence-corrected chi connectivity index (χ3v) is 8.65. The number of hydrogen-bond donors (Lipinski definition) is 0. The number of alkyl halides is 1. The van der Waals surface area contributed by atoms with Gasteiger partial charge in [0.05, 0.1) is 13.2 Å². The first-order valence-corrected chi connectivity index (χ1v) is 13.6. The summed E-state index contributed by atoms with van der Waals surface area (Å²) in [4.78, 5) is 2.69. The number of ether oxygens (including phenoxy) is 2. The van der Waals surface area contributed by atoms with Crippen LogP contribution in [0.25, 0.3) is 0 Å². The van der Waals surface area contributed by atoms with Crippen molar-refractivity contribution < 1.29 is 15.3 Å². The van der Waals surface area contributed by atoms with Crippen LogP contribution in [-0.2, 0) is 4.74 Å². The standard InChI is InChI=1S/C29H46FNO2.H2/c1-28(2,30)33-26-12-8-10-24(22-26)27(29(3)15-5-4-6-16-29)21-23-9-7-11-25(14-13-23)31-17-19-32-20-18-31;/h8,10,12,22-23,25,27H,4-7,9,11,13-21H2,1-3H3;1H. The average molecular weight is 462 g/mol. The topological polar surface area (TPSA) is 21.7 Å². The van der Waals surface area contributed by atoms with E-state index in [0.717, 1.165) is 38.3 Å². The van der Waals surface area contributed by atoms with Gasteiger partial charge in [0.15, 0.2) is 0 Å². The minimum atomic E-state index is -1.65. The lowest BCUT2D eigenvalue weighted by molar-refractivity contribution is -0.0258. The molecule has 4 heteroatoms. The van der Waals surface area contributed by atoms with Crippen LogP contribution in [0.1, 0.15) is 104 Å². The van der Waals surface area contributed by atoms with Crippen LogP contribution in [0.2, 0.25) is 0 Å². The summed E-state index contributed by atoms with van der Waals surface area (Å²) in [6, 6.07) is 9.13. The van der Waals surface area contributed by atoms with E-state index in [1.54, 1.807) is 0 Å². The molecule has 0 N–H and O–H groups in total. The van der Waals surface area contributed by atoms with E-state index in [1.165, 1.54) is 90.0 Å². The number of benzene rings is 1. The Hall–Kier alpha value is -1.13. The van der Waals surface area contributed by atoms with Crippen LogP contribution in [0.4, 0.5) is 4.39 Å². The van der Waals surface area contributed by atoms with Gasteiger partial charge in [-0.25, -0.2) is 0 Å². The van der Waals surface area contributed by atoms with Crippen LogP contribution in [0.5, 0.6) is 5.75 Å². The molecular formula is C29H48FNO2. The highest BCUT2D eigenvalue weighted by Gasteiger charge is 2.38. The van der Waals surface area contributed by atoms with Crippen molar-refractivity contribution in [1.82, 2.24) is 4.90 Å². The van der Waals surface area contributed by atoms with Crippen LogP contribution in [0.3, 0.4) is 0 Å². The Labute approximate surface area is 202 Å². The summed E-state index contributed by atoms with van der Waals surface area (Å²) in [5, 5.41) is 0. The molecule has 0 bridgehead atoms. The molecule has 1 aromatic rings. The van der Waals surface area contributed by atoms with Crippen molar-refractivity contribution in [2.75, 3.05) is 26.3 Å². The normalized spacial score (nSPS) is 28.1. The molecule has 0 radical (unpaired) electrons. The lowest BCUT2D eigenvalue weighted by Gasteiger charge is -2.43. The van der Waals surface area contributed by atoms with E-state index in [1.807, 2.05) is 6.07 Å². The Morgan fingerprint density at radius 2 is 1.85 bits per heavy atom. The predicted octanol–water partition coefficient (Wildman–Crippen LogP) is 7.74. The molecular weight excluding hydrogens is 413 g/mol. The quantitative estimate of drug-likeness (QED) is 0.388. The average Bonchev–Trinajstić information content (AvgIpc) is 3.03. The Balaban J connectivity index is 0.00000324. The maximum absolute atomic E-state index is 14.2. The minimum Gasteiger partial charge on any atom is -0.459 e. The van der Waals surface area contributed by atoms with Gasteiger partial charge < -0.3 is 9.47 Å². The van der Waals surface area contributed by atoms with Crippen LogP contribution in [-0.4, -0.2) is 43.1 Å². The minimum absolute atomic E-state index is 0. The lowest BCUT2D eigenvalue weighted by Crippen LogP contribution is -2.43. The zero-order chi connectivity index (χ0) is 23.3. The molecule has 33 heavy (non-hydrogen) atoms. The van der Waals surface area contributed by atoms with Gasteiger partial charge in [-0.15, -0.1) is 0 Å². The van der Waals surface area contributed by atoms with Crippen molar-refractivity contribution in [2.24, 2.45) is 11.3 Å². The van der Waals surface area contributed by atoms with Gasteiger partial charge in [-0.3, -0.25) is 4.90 Å². The Morgan fingerprint density at radius 3 is 2.58 bits per heavy atom. The maximum Gasteiger partial charge on any atom is 0.242 e. The molecule has 3 fully saturated rings. The fourth-order valence-electron chi connectivity index (χ4n) is 6.84. The van der Waals surface area contributed by atoms with Crippen molar-refractivity contribution in [1.29, 1.82) is 0 Å². The Kier molecular flexibility index (Phi) is 8.38. The SMILES string of the molecule is CC(C)(F)Oc1cccc(C(CC2CCCC(N3CCOCC3)CC2)C2(C)CCCCC2)c1.[HH]. The summed E-state index contributed by atoms with van der Waals surface area (Å²) in [7, 11) is 0. The van der Waals surface area contributed by atoms with E-state index in [9.17, 15) is 4.39 Å². The highest BCUT2D eigenvalue weighted by molar-refractivity contribution is 5.32. The van der Waals surface area contributed by atoms with Gasteiger partial charge in [0.25, 0.3) is 0 Å². The molecule has 3 nitrogen and oxygen atoms in total. The second-order valence-electron chi connectivity index (χ2n) is 11.7. The number of nitrogens with zero attached hydrogens (tertiary/aromatic N) is 1. The molecule has 4 rings (SSSR count). The maximum atomic E-state index is 14.2. The van der Waals surface area contributed by atoms with E-state index in [-0.39, 0.29) is 1.43 Å². The van der Waals surface area contributed by atoms with Crippen molar-refractivity contribution >= 4 is 0 Å². The van der Waals surface area contributed by atoms with E-state index in [4.69, 9.17) is 9.47 Å². The van der Waals surface area contributed by atoms with Crippen molar-refractivity contribution in [2.45, 2.75) is 109 Å². The molecule has 1 saturated heterocycles. The summed E-state index contributed by atoms with van der Waals surface area (Å²) < 4.78 is 25.4. The largest absolute Gasteiger partial charge is 0.459 e. The second kappa shape index (κ2) is 11.1. The molecule has 3 atom stereocenters. The Morgan fingerprint density at radius 1 is 1.09 bits per heavy atom. The van der Waals surface area contributed by atoms with Gasteiger partial charge >= 0.3 is 0 Å². The summed E-state index contributed by atoms with van der Waals surface area (Å²) in [5.41, 5.74) is 1.69. The third-order valence-electron chi connectivity index (χ3n) is 8.65. The number of rotatable bonds is 7. The first kappa shape index (κ1) is 25.0. The third kappa shape index (κ3) is 6.94. The first-order valence-electron chi connectivity index (χ1n) is 13.6. The van der Waals surface area contributed by atoms with Gasteiger partial charge in [0.1, 0.15) is 5.75 Å². The number of hydrogen-bond acceptors (Lipinski definition) is 3. The molecule has 2 aliphatic carbocycles. The molecule has 3 unspecified atom stereocenters. The lowest BCUT2D eigenvalue weighted by atomic mass is 9.62. The highest BCUT2D eigenvalue weighted by atomic mass is 19.2. The summed E-state index contributed by atoms with van der Waals surface area (Å²) >= 11 is 0. The molecule has 188 valence electrons. The van der Waals surface area contributed by atoms with Crippen LogP contribution >= 0.6 is 0 Å². The van der Waals surface area contributed by atoms with E-state index >= 15 is 0 Å². The summed E-state index contributed by atoms with van der Waals surface area (Å²) in [6.07, 6.45) is 14.6. The van der Waals surface area contributed by atoms with Gasteiger partial charge in [0, 0.05) is 34.4 Å². The molecule has 1 heterocycles. The monoisotopic (exact) mass is 461 g/mol. The first-order chi connectivity index (χ1) is 15.8. The molecule has 0 amide bonds. The van der Waals surface area contributed by atoms with Crippen LogP contribution < -0.4 is 4.74 Å². The predicted molar refractivity (Wildman–Crippen MR) is 136 cm³/mol. The summed E-state index contributed by atoms with van der Waals surface area (Å²) in [6.45, 7) is 9.49. The zero-order valence-electron chi connectivity index (χ0n) is 21.3. The number of morpholine rings is 1. The zero-order valence-corrected chi connectivity index (χ0v) is 21.3. The summed E-state index contributed by atoms with van der Waals surface area (Å²) in [5.74, 6) is 0.312. The van der Waals surface area contributed by atoms with E-state index in [2.05, 4.69) is 30.0 Å². The smallest absolute Gasteiger partial charge is 0.242 e. The fourth-order valence-corrected chi connectivity index (χ4v) is 6.84. The molecule has 3 aliphatic rings. The Bertz CT molecular complexity index is 740. The molecule has 1 aromatic carbocycles. The van der Waals surface area contributed by atoms with Gasteiger partial charge in [-0.05, 0) is 73.5 Å². The van der Waals surface area contributed by atoms with Crippen molar-refractivity contribution in [3.05, 3.63) is 29.8 Å². The molecule has 2 saturated carbocycles. The van der Waals surface area contributed by atoms with Crippen molar-refractivity contribution in [3.8, 4) is 5.75 Å². The second-order valence-corrected chi connectivity index (χ2v) is 11.7. The van der Waals surface area contributed by atoms with Crippen LogP contribution in [0, 0.1) is 11.3 Å². The number of halogens is 1. The molecule has 0 aromatic heterocycles. The van der Waals surface area contributed by atoms with Gasteiger partial charge in [0.2, 0.25) is 5.85 Å².